The third-order valence-electron chi connectivity index (χ3n) is 4.64. The Hall–Kier alpha value is -2.55. The van der Waals surface area contributed by atoms with E-state index in [-0.39, 0.29) is 6.04 Å². The van der Waals surface area contributed by atoms with E-state index >= 15 is 0 Å². The van der Waals surface area contributed by atoms with Crippen molar-refractivity contribution >= 4 is 5.69 Å². The van der Waals surface area contributed by atoms with E-state index in [4.69, 9.17) is 10.5 Å². The highest BCUT2D eigenvalue weighted by Gasteiger charge is 2.45. The van der Waals surface area contributed by atoms with E-state index in [1.165, 1.54) is 0 Å². The molecule has 0 aliphatic carbocycles. The summed E-state index contributed by atoms with van der Waals surface area (Å²) in [6.45, 7) is 4.78. The minimum atomic E-state index is -0.777. The minimum Gasteiger partial charge on any atom is -0.485 e. The summed E-state index contributed by atoms with van der Waals surface area (Å²) in [5.41, 5.74) is 7.42. The number of hydrogen-bond acceptors (Lipinski definition) is 5. The number of benzene rings is 2. The molecular weight excluding hydrogens is 314 g/mol. The molecule has 3 N–H and O–H groups in total. The van der Waals surface area contributed by atoms with Crippen molar-refractivity contribution in [3.63, 3.8) is 0 Å². The number of anilines is 1. The van der Waals surface area contributed by atoms with Gasteiger partial charge in [0.2, 0.25) is 0 Å². The summed E-state index contributed by atoms with van der Waals surface area (Å²) in [4.78, 5) is 2.09. The highest BCUT2D eigenvalue weighted by Crippen LogP contribution is 2.44. The lowest BCUT2D eigenvalue weighted by atomic mass is 9.84. The average Bonchev–Trinajstić information content (AvgIpc) is 2.62. The second-order valence-electron chi connectivity index (χ2n) is 6.78. The molecule has 5 heteroatoms. The van der Waals surface area contributed by atoms with Gasteiger partial charge < -0.3 is 20.5 Å². The largest absolute Gasteiger partial charge is 0.485 e. The van der Waals surface area contributed by atoms with Crippen molar-refractivity contribution in [3.05, 3.63) is 59.7 Å². The molecule has 2 atom stereocenters. The zero-order chi connectivity index (χ0) is 18.0. The number of hydrogen-bond donors (Lipinski definition) is 2. The third kappa shape index (κ3) is 3.19. The van der Waals surface area contributed by atoms with Gasteiger partial charge in [-0.3, -0.25) is 0 Å². The molecule has 0 amide bonds. The molecule has 5 nitrogen and oxygen atoms in total. The maximum Gasteiger partial charge on any atom is 0.132 e. The van der Waals surface area contributed by atoms with Crippen LogP contribution in [0.1, 0.15) is 31.0 Å². The highest BCUT2D eigenvalue weighted by atomic mass is 16.5. The first kappa shape index (κ1) is 17.3. The van der Waals surface area contributed by atoms with Gasteiger partial charge in [0.1, 0.15) is 17.5 Å². The summed E-state index contributed by atoms with van der Waals surface area (Å²) in [5, 5.41) is 20.3. The summed E-state index contributed by atoms with van der Waals surface area (Å²) in [6.07, 6.45) is -0.777. The molecule has 2 aromatic rings. The van der Waals surface area contributed by atoms with Crippen LogP contribution in [0.25, 0.3) is 0 Å². The molecule has 130 valence electrons. The number of nitrogens with zero attached hydrogens (tertiary/aromatic N) is 2. The van der Waals surface area contributed by atoms with Gasteiger partial charge in [-0.1, -0.05) is 18.2 Å². The van der Waals surface area contributed by atoms with Gasteiger partial charge in [-0.05, 0) is 44.2 Å². The molecule has 25 heavy (non-hydrogen) atoms. The number of aliphatic hydroxyl groups excluding tert-OH is 1. The number of para-hydroxylation sites is 1. The highest BCUT2D eigenvalue weighted by molar-refractivity contribution is 5.54. The van der Waals surface area contributed by atoms with Crippen LogP contribution in [-0.4, -0.2) is 29.9 Å². The minimum absolute atomic E-state index is 0.349. The Balaban J connectivity index is 2.16. The fraction of sp³-hybridized carbons (Fsp3) is 0.350. The summed E-state index contributed by atoms with van der Waals surface area (Å²) < 4.78 is 6.01. The lowest BCUT2D eigenvalue weighted by molar-refractivity contribution is -0.0586. The number of ether oxygens (including phenoxy) is 1. The summed E-state index contributed by atoms with van der Waals surface area (Å²) in [5.74, 6) is 0.692. The van der Waals surface area contributed by atoms with Gasteiger partial charge in [-0.15, -0.1) is 0 Å². The van der Waals surface area contributed by atoms with Gasteiger partial charge in [0.25, 0.3) is 0 Å². The van der Waals surface area contributed by atoms with Crippen molar-refractivity contribution in [1.29, 1.82) is 5.26 Å². The van der Waals surface area contributed by atoms with Crippen LogP contribution in [0.5, 0.6) is 5.75 Å². The molecule has 0 saturated carbocycles. The molecule has 1 unspecified atom stereocenters. The smallest absolute Gasteiger partial charge is 0.132 e. The second kappa shape index (κ2) is 6.75. The molecule has 1 aliphatic heterocycles. The summed E-state index contributed by atoms with van der Waals surface area (Å²) in [6, 6.07) is 17.0. The Morgan fingerprint density at radius 3 is 2.60 bits per heavy atom. The van der Waals surface area contributed by atoms with Gasteiger partial charge in [0.15, 0.2) is 0 Å². The van der Waals surface area contributed by atoms with Crippen LogP contribution in [0, 0.1) is 11.3 Å². The van der Waals surface area contributed by atoms with Crippen LogP contribution in [-0.2, 0) is 0 Å². The van der Waals surface area contributed by atoms with E-state index in [2.05, 4.69) is 11.0 Å². The lowest BCUT2D eigenvalue weighted by Gasteiger charge is -2.47. The molecule has 0 spiro atoms. The first-order chi connectivity index (χ1) is 12.0. The second-order valence-corrected chi connectivity index (χ2v) is 6.78. The average molecular weight is 337 g/mol. The number of nitrogens with two attached hydrogens (primary N) is 1. The molecule has 2 aromatic carbocycles. The van der Waals surface area contributed by atoms with Gasteiger partial charge in [-0.2, -0.15) is 5.26 Å². The first-order valence-electron chi connectivity index (χ1n) is 8.41. The van der Waals surface area contributed by atoms with Crippen LogP contribution < -0.4 is 15.4 Å². The number of aliphatic hydroxyl groups is 1. The molecule has 0 fully saturated rings. The molecule has 0 saturated heterocycles. The molecule has 0 bridgehead atoms. The van der Waals surface area contributed by atoms with Crippen LogP contribution in [0.4, 0.5) is 5.69 Å². The Morgan fingerprint density at radius 2 is 1.96 bits per heavy atom. The first-order valence-corrected chi connectivity index (χ1v) is 8.41. The van der Waals surface area contributed by atoms with E-state index in [0.29, 0.717) is 24.4 Å². The topological polar surface area (TPSA) is 82.5 Å². The predicted molar refractivity (Wildman–Crippen MR) is 97.5 cm³/mol. The van der Waals surface area contributed by atoms with Gasteiger partial charge >= 0.3 is 0 Å². The fourth-order valence-electron chi connectivity index (χ4n) is 3.36. The fourth-order valence-corrected chi connectivity index (χ4v) is 3.36. The number of nitriles is 1. The van der Waals surface area contributed by atoms with Gasteiger partial charge in [0, 0.05) is 24.3 Å². The standard InChI is InChI=1S/C20H23N3O2/c1-20(2)19(24)18(16-12-14(13-22)8-9-17(16)25-20)23(11-10-21)15-6-4-3-5-7-15/h3-9,12,18-19,24H,10-11,21H2,1-2H3/t18?,19-/m1/s1. The van der Waals surface area contributed by atoms with Crippen LogP contribution in [0.2, 0.25) is 0 Å². The van der Waals surface area contributed by atoms with Crippen molar-refractivity contribution in [2.45, 2.75) is 31.6 Å². The van der Waals surface area contributed by atoms with Crippen molar-refractivity contribution in [2.24, 2.45) is 5.73 Å². The number of rotatable bonds is 4. The van der Waals surface area contributed by atoms with Gasteiger partial charge in [-0.25, -0.2) is 0 Å². The Morgan fingerprint density at radius 1 is 1.24 bits per heavy atom. The molecular formula is C20H23N3O2. The predicted octanol–water partition coefficient (Wildman–Crippen LogP) is 2.60. The lowest BCUT2D eigenvalue weighted by Crippen LogP contribution is -2.54. The maximum atomic E-state index is 11.1. The maximum absolute atomic E-state index is 11.1. The van der Waals surface area contributed by atoms with Crippen molar-refractivity contribution in [3.8, 4) is 11.8 Å². The van der Waals surface area contributed by atoms with Crippen LogP contribution >= 0.6 is 0 Å². The molecule has 1 heterocycles. The molecule has 3 rings (SSSR count). The monoisotopic (exact) mass is 337 g/mol. The Labute approximate surface area is 148 Å². The summed E-state index contributed by atoms with van der Waals surface area (Å²) in [7, 11) is 0. The van der Waals surface area contributed by atoms with E-state index < -0.39 is 11.7 Å². The van der Waals surface area contributed by atoms with Crippen LogP contribution in [0.15, 0.2) is 48.5 Å². The Kier molecular flexibility index (Phi) is 4.67. The van der Waals surface area contributed by atoms with E-state index in [9.17, 15) is 10.4 Å². The van der Waals surface area contributed by atoms with Crippen LogP contribution in [0.3, 0.4) is 0 Å². The van der Waals surface area contributed by atoms with Crippen molar-refractivity contribution < 1.29 is 9.84 Å². The molecule has 0 aromatic heterocycles. The van der Waals surface area contributed by atoms with E-state index in [1.54, 1.807) is 18.2 Å². The Bertz CT molecular complexity index is 783. The molecule has 1 aliphatic rings. The zero-order valence-corrected chi connectivity index (χ0v) is 14.5. The zero-order valence-electron chi connectivity index (χ0n) is 14.5. The quantitative estimate of drug-likeness (QED) is 0.896. The SMILES string of the molecule is CC1(C)Oc2ccc(C#N)cc2C(N(CCN)c2ccccc2)[C@H]1O. The van der Waals surface area contributed by atoms with Crippen molar-refractivity contribution in [1.82, 2.24) is 0 Å². The number of fused-ring (bicyclic) bond motifs is 1. The molecule has 0 radical (unpaired) electrons. The third-order valence-corrected chi connectivity index (χ3v) is 4.64. The normalized spacial score (nSPS) is 20.9. The van der Waals surface area contributed by atoms with E-state index in [1.807, 2.05) is 44.2 Å². The summed E-state index contributed by atoms with van der Waals surface area (Å²) >= 11 is 0. The van der Waals surface area contributed by atoms with Gasteiger partial charge in [0.05, 0.1) is 17.7 Å². The van der Waals surface area contributed by atoms with Crippen molar-refractivity contribution in [2.75, 3.05) is 18.0 Å². The van der Waals surface area contributed by atoms with E-state index in [0.717, 1.165) is 11.3 Å².